The average Bonchev–Trinajstić information content (AvgIpc) is 1.88. The highest BCUT2D eigenvalue weighted by molar-refractivity contribution is 9.06. The van der Waals surface area contributed by atoms with E-state index in [4.69, 9.17) is 3.83 Å². The molecule has 0 aliphatic carbocycles. The molecular formula is C7H8BrNO. The first-order valence-electron chi connectivity index (χ1n) is 2.95. The second kappa shape index (κ2) is 3.01. The van der Waals surface area contributed by atoms with Gasteiger partial charge in [0.15, 0.2) is 16.3 Å². The number of halogens is 1. The molecule has 0 atom stereocenters. The smallest absolute Gasteiger partial charge is 0.179 e. The van der Waals surface area contributed by atoms with Crippen LogP contribution < -0.4 is 3.83 Å². The summed E-state index contributed by atoms with van der Waals surface area (Å²) >= 11 is 2.93. The highest BCUT2D eigenvalue weighted by Crippen LogP contribution is 2.22. The fourth-order valence-electron chi connectivity index (χ4n) is 0.811. The van der Waals surface area contributed by atoms with Gasteiger partial charge < -0.3 is 3.83 Å². The Morgan fingerprint density at radius 1 is 1.30 bits per heavy atom. The molecule has 0 unspecified atom stereocenters. The first kappa shape index (κ1) is 7.54. The standard InChI is InChI=1S/C7H8BrNO/c1-5-3-9-4-6(2)7(5)10-8/h3-4H,1-2H3. The van der Waals surface area contributed by atoms with Crippen LogP contribution in [0.15, 0.2) is 12.4 Å². The number of hydrogen-bond donors (Lipinski definition) is 0. The molecule has 0 saturated heterocycles. The van der Waals surface area contributed by atoms with Crippen LogP contribution in [0, 0.1) is 13.8 Å². The van der Waals surface area contributed by atoms with Crippen LogP contribution in [0.3, 0.4) is 0 Å². The highest BCUT2D eigenvalue weighted by atomic mass is 79.9. The Balaban J connectivity index is 3.17. The number of nitrogens with zero attached hydrogens (tertiary/aromatic N) is 1. The second-order valence-electron chi connectivity index (χ2n) is 2.18. The number of rotatable bonds is 1. The van der Waals surface area contributed by atoms with E-state index >= 15 is 0 Å². The van der Waals surface area contributed by atoms with Crippen molar-refractivity contribution in [2.45, 2.75) is 13.8 Å². The minimum absolute atomic E-state index is 0.856. The summed E-state index contributed by atoms with van der Waals surface area (Å²) in [5.74, 6) is 0.856. The molecule has 3 heteroatoms. The van der Waals surface area contributed by atoms with Gasteiger partial charge in [-0.25, -0.2) is 0 Å². The van der Waals surface area contributed by atoms with Gasteiger partial charge in [0, 0.05) is 23.5 Å². The Bertz CT molecular complexity index is 217. The van der Waals surface area contributed by atoms with E-state index in [1.165, 1.54) is 0 Å². The van der Waals surface area contributed by atoms with Crippen molar-refractivity contribution in [2.75, 3.05) is 0 Å². The lowest BCUT2D eigenvalue weighted by molar-refractivity contribution is 0.661. The maximum Gasteiger partial charge on any atom is 0.179 e. The van der Waals surface area contributed by atoms with E-state index in [0.717, 1.165) is 16.9 Å². The van der Waals surface area contributed by atoms with Gasteiger partial charge in [-0.05, 0) is 13.8 Å². The van der Waals surface area contributed by atoms with E-state index in [9.17, 15) is 0 Å². The summed E-state index contributed by atoms with van der Waals surface area (Å²) in [5, 5.41) is 0. The molecule has 10 heavy (non-hydrogen) atoms. The molecule has 0 N–H and O–H groups in total. The highest BCUT2D eigenvalue weighted by Gasteiger charge is 2.00. The lowest BCUT2D eigenvalue weighted by atomic mass is 10.2. The van der Waals surface area contributed by atoms with Crippen LogP contribution in [0.2, 0.25) is 0 Å². The molecule has 0 aliphatic heterocycles. The van der Waals surface area contributed by atoms with E-state index in [1.807, 2.05) is 13.8 Å². The van der Waals surface area contributed by atoms with Crippen LogP contribution in [-0.2, 0) is 0 Å². The number of pyridine rings is 1. The van der Waals surface area contributed by atoms with E-state index in [2.05, 4.69) is 21.2 Å². The van der Waals surface area contributed by atoms with Gasteiger partial charge in [0.25, 0.3) is 0 Å². The molecule has 0 spiro atoms. The van der Waals surface area contributed by atoms with E-state index in [0.29, 0.717) is 0 Å². The first-order chi connectivity index (χ1) is 4.75. The van der Waals surface area contributed by atoms with Crippen LogP contribution in [0.25, 0.3) is 0 Å². The summed E-state index contributed by atoms with van der Waals surface area (Å²) in [6, 6.07) is 0. The monoisotopic (exact) mass is 201 g/mol. The Morgan fingerprint density at radius 2 is 1.80 bits per heavy atom. The van der Waals surface area contributed by atoms with Crippen LogP contribution >= 0.6 is 16.3 Å². The quantitative estimate of drug-likeness (QED) is 0.697. The molecule has 0 aliphatic rings. The van der Waals surface area contributed by atoms with Crippen LogP contribution in [-0.4, -0.2) is 4.98 Å². The number of aromatic nitrogens is 1. The lowest BCUT2D eigenvalue weighted by Crippen LogP contribution is -1.86. The van der Waals surface area contributed by atoms with Gasteiger partial charge in [-0.15, -0.1) is 0 Å². The normalized spacial score (nSPS) is 9.50. The van der Waals surface area contributed by atoms with Crippen LogP contribution in [0.4, 0.5) is 0 Å². The molecular weight excluding hydrogens is 194 g/mol. The Morgan fingerprint density at radius 3 is 2.10 bits per heavy atom. The van der Waals surface area contributed by atoms with Crippen molar-refractivity contribution in [3.8, 4) is 5.75 Å². The molecule has 0 radical (unpaired) electrons. The molecule has 0 amide bonds. The zero-order valence-corrected chi connectivity index (χ0v) is 7.47. The summed E-state index contributed by atoms with van der Waals surface area (Å²) in [7, 11) is 0. The minimum Gasteiger partial charge on any atom is -0.417 e. The van der Waals surface area contributed by atoms with Crippen molar-refractivity contribution in [3.63, 3.8) is 0 Å². The van der Waals surface area contributed by atoms with Crippen LogP contribution in [0.5, 0.6) is 5.75 Å². The Kier molecular flexibility index (Phi) is 2.27. The van der Waals surface area contributed by atoms with Crippen molar-refractivity contribution < 1.29 is 3.83 Å². The van der Waals surface area contributed by atoms with Gasteiger partial charge in [0.05, 0.1) is 0 Å². The Hall–Kier alpha value is -0.570. The van der Waals surface area contributed by atoms with Crippen molar-refractivity contribution in [1.82, 2.24) is 4.98 Å². The molecule has 1 aromatic rings. The molecule has 1 rings (SSSR count). The fourth-order valence-corrected chi connectivity index (χ4v) is 1.32. The molecule has 0 aromatic carbocycles. The predicted octanol–water partition coefficient (Wildman–Crippen LogP) is 2.39. The third-order valence-electron chi connectivity index (χ3n) is 1.33. The molecule has 54 valence electrons. The van der Waals surface area contributed by atoms with Crippen molar-refractivity contribution in [2.24, 2.45) is 0 Å². The molecule has 0 saturated carbocycles. The van der Waals surface area contributed by atoms with Gasteiger partial charge in [0.1, 0.15) is 5.75 Å². The maximum atomic E-state index is 4.95. The zero-order valence-electron chi connectivity index (χ0n) is 5.89. The summed E-state index contributed by atoms with van der Waals surface area (Å²) in [5.41, 5.74) is 2.08. The predicted molar refractivity (Wildman–Crippen MR) is 43.3 cm³/mol. The third kappa shape index (κ3) is 1.29. The summed E-state index contributed by atoms with van der Waals surface area (Å²) < 4.78 is 4.95. The van der Waals surface area contributed by atoms with Crippen molar-refractivity contribution in [1.29, 1.82) is 0 Å². The third-order valence-corrected chi connectivity index (χ3v) is 1.65. The SMILES string of the molecule is Cc1cncc(C)c1OBr. The first-order valence-corrected chi connectivity index (χ1v) is 3.60. The number of hydrogen-bond acceptors (Lipinski definition) is 2. The largest absolute Gasteiger partial charge is 0.417 e. The van der Waals surface area contributed by atoms with Crippen molar-refractivity contribution >= 4 is 16.3 Å². The van der Waals surface area contributed by atoms with E-state index in [1.54, 1.807) is 12.4 Å². The summed E-state index contributed by atoms with van der Waals surface area (Å²) in [6.45, 7) is 3.91. The number of aryl methyl sites for hydroxylation is 2. The molecule has 0 fully saturated rings. The maximum absolute atomic E-state index is 4.95. The average molecular weight is 202 g/mol. The van der Waals surface area contributed by atoms with Crippen LogP contribution in [0.1, 0.15) is 11.1 Å². The fraction of sp³-hybridized carbons (Fsp3) is 0.286. The van der Waals surface area contributed by atoms with Gasteiger partial charge in [-0.2, -0.15) is 0 Å². The lowest BCUT2D eigenvalue weighted by Gasteiger charge is -2.02. The van der Waals surface area contributed by atoms with Gasteiger partial charge in [0.2, 0.25) is 0 Å². The molecule has 0 bridgehead atoms. The molecule has 1 aromatic heterocycles. The molecule has 2 nitrogen and oxygen atoms in total. The minimum atomic E-state index is 0.856. The van der Waals surface area contributed by atoms with Crippen molar-refractivity contribution in [3.05, 3.63) is 23.5 Å². The second-order valence-corrected chi connectivity index (χ2v) is 2.50. The topological polar surface area (TPSA) is 22.1 Å². The summed E-state index contributed by atoms with van der Waals surface area (Å²) in [6.07, 6.45) is 3.53. The van der Waals surface area contributed by atoms with E-state index < -0.39 is 0 Å². The Labute approximate surface area is 68.7 Å². The molecule has 1 heterocycles. The van der Waals surface area contributed by atoms with Gasteiger partial charge in [-0.1, -0.05) is 0 Å². The van der Waals surface area contributed by atoms with E-state index in [-0.39, 0.29) is 0 Å². The van der Waals surface area contributed by atoms with Gasteiger partial charge >= 0.3 is 0 Å². The zero-order chi connectivity index (χ0) is 7.56. The van der Waals surface area contributed by atoms with Gasteiger partial charge in [-0.3, -0.25) is 4.98 Å². The summed E-state index contributed by atoms with van der Waals surface area (Å²) in [4.78, 5) is 3.99.